The minimum absolute atomic E-state index is 0.0102. The second-order valence-corrected chi connectivity index (χ2v) is 9.68. The van der Waals surface area contributed by atoms with Crippen LogP contribution in [0.25, 0.3) is 22.2 Å². The Morgan fingerprint density at radius 1 is 1.08 bits per heavy atom. The first-order valence-electron chi connectivity index (χ1n) is 10.6. The van der Waals surface area contributed by atoms with Crippen molar-refractivity contribution in [1.29, 1.82) is 0 Å². The van der Waals surface area contributed by atoms with E-state index in [4.69, 9.17) is 4.42 Å². The van der Waals surface area contributed by atoms with E-state index in [0.29, 0.717) is 16.8 Å². The maximum absolute atomic E-state index is 13.4. The Bertz CT molecular complexity index is 1520. The van der Waals surface area contributed by atoms with Gasteiger partial charge in [0.25, 0.3) is 10.0 Å². The molecule has 0 saturated heterocycles. The van der Waals surface area contributed by atoms with Gasteiger partial charge in [-0.25, -0.2) is 12.8 Å². The molecule has 1 atom stereocenters. The summed E-state index contributed by atoms with van der Waals surface area (Å²) in [7, 11) is -4.18. The summed E-state index contributed by atoms with van der Waals surface area (Å²) in [5.74, 6) is -0.937. The fourth-order valence-corrected chi connectivity index (χ4v) is 4.66. The predicted molar refractivity (Wildman–Crippen MR) is 122 cm³/mol. The van der Waals surface area contributed by atoms with Crippen LogP contribution in [0.2, 0.25) is 0 Å². The third-order valence-electron chi connectivity index (χ3n) is 5.37. The third-order valence-corrected chi connectivity index (χ3v) is 6.76. The molecule has 1 N–H and O–H groups in total. The number of nitrogens with one attached hydrogen (secondary N) is 1. The normalized spacial score (nSPS) is 13.1. The molecule has 4 rings (SSSR count). The highest BCUT2D eigenvalue weighted by molar-refractivity contribution is 7.89. The number of sulfonamides is 1. The first-order valence-corrected chi connectivity index (χ1v) is 12.1. The molecule has 0 aliphatic carbocycles. The van der Waals surface area contributed by atoms with Crippen molar-refractivity contribution in [3.63, 3.8) is 0 Å². The lowest BCUT2D eigenvalue weighted by atomic mass is 10.0. The van der Waals surface area contributed by atoms with Gasteiger partial charge in [0, 0.05) is 35.8 Å². The van der Waals surface area contributed by atoms with Crippen LogP contribution in [0.5, 0.6) is 0 Å². The van der Waals surface area contributed by atoms with E-state index < -0.39 is 44.6 Å². The van der Waals surface area contributed by atoms with Crippen LogP contribution < -0.4 is 4.72 Å². The number of pyridine rings is 2. The van der Waals surface area contributed by atoms with Crippen LogP contribution in [0.15, 0.2) is 70.4 Å². The molecule has 0 amide bonds. The number of halogens is 4. The lowest BCUT2D eigenvalue weighted by Crippen LogP contribution is -2.38. The lowest BCUT2D eigenvalue weighted by molar-refractivity contribution is -0.141. The number of alkyl halides is 3. The quantitative estimate of drug-likeness (QED) is 0.331. The second-order valence-electron chi connectivity index (χ2n) is 8.04. The number of Topliss-reactive ketones (excluding diaryl/α,β-unsaturated/α-hetero) is 1. The first-order chi connectivity index (χ1) is 16.9. The van der Waals surface area contributed by atoms with Gasteiger partial charge in [0.1, 0.15) is 17.1 Å². The number of benzene rings is 1. The Morgan fingerprint density at radius 2 is 1.86 bits per heavy atom. The number of ketones is 1. The smallest absolute Gasteiger partial charge is 0.433 e. The largest absolute Gasteiger partial charge is 0.443 e. The molecule has 0 radical (unpaired) electrons. The van der Waals surface area contributed by atoms with Gasteiger partial charge in [-0.3, -0.25) is 14.8 Å². The molecular weight excluding hydrogens is 502 g/mol. The number of carbonyl (C=O) groups excluding carboxylic acids is 1. The summed E-state index contributed by atoms with van der Waals surface area (Å²) in [4.78, 5) is 20.1. The van der Waals surface area contributed by atoms with Crippen LogP contribution in [0.1, 0.15) is 24.6 Å². The van der Waals surface area contributed by atoms with Crippen LogP contribution in [0, 0.1) is 5.82 Å². The van der Waals surface area contributed by atoms with Crippen molar-refractivity contribution in [3.05, 3.63) is 78.0 Å². The summed E-state index contributed by atoms with van der Waals surface area (Å²) in [6, 6.07) is 9.08. The highest BCUT2D eigenvalue weighted by atomic mass is 32.2. The number of fused-ring (bicyclic) bond motifs is 1. The number of carbonyl (C=O) groups is 1. The van der Waals surface area contributed by atoms with Crippen molar-refractivity contribution in [2.24, 2.45) is 0 Å². The Balaban J connectivity index is 1.39. The number of aryl methyl sites for hydroxylation is 1. The van der Waals surface area contributed by atoms with Crippen molar-refractivity contribution in [3.8, 4) is 11.3 Å². The molecule has 7 nitrogen and oxygen atoms in total. The minimum Gasteiger partial charge on any atom is -0.443 e. The van der Waals surface area contributed by atoms with Gasteiger partial charge >= 0.3 is 6.18 Å². The number of hydrogen-bond donors (Lipinski definition) is 1. The Labute approximate surface area is 203 Å². The van der Waals surface area contributed by atoms with Gasteiger partial charge in [0.05, 0.1) is 11.7 Å². The van der Waals surface area contributed by atoms with Crippen molar-refractivity contribution in [2.45, 2.75) is 37.1 Å². The molecule has 1 aromatic carbocycles. The van der Waals surface area contributed by atoms with E-state index in [0.717, 1.165) is 24.4 Å². The molecule has 0 aliphatic rings. The summed E-state index contributed by atoms with van der Waals surface area (Å²) in [6.45, 7) is 1.40. The summed E-state index contributed by atoms with van der Waals surface area (Å²) in [5, 5.41) is -0.169. The third kappa shape index (κ3) is 5.77. The topological polar surface area (TPSA) is 102 Å². The zero-order chi connectivity index (χ0) is 26.1. The maximum atomic E-state index is 13.4. The van der Waals surface area contributed by atoms with Gasteiger partial charge < -0.3 is 4.42 Å². The number of rotatable bonds is 8. The molecule has 3 heterocycles. The van der Waals surface area contributed by atoms with Crippen molar-refractivity contribution >= 4 is 26.8 Å². The van der Waals surface area contributed by atoms with Crippen molar-refractivity contribution in [1.82, 2.24) is 14.7 Å². The van der Waals surface area contributed by atoms with Gasteiger partial charge in [-0.05, 0) is 61.4 Å². The first kappa shape index (κ1) is 25.5. The zero-order valence-electron chi connectivity index (χ0n) is 18.7. The van der Waals surface area contributed by atoms with Gasteiger partial charge in [-0.15, -0.1) is 0 Å². The van der Waals surface area contributed by atoms with Gasteiger partial charge in [0.2, 0.25) is 5.09 Å². The van der Waals surface area contributed by atoms with E-state index in [1.54, 1.807) is 12.1 Å². The van der Waals surface area contributed by atoms with E-state index >= 15 is 0 Å². The summed E-state index contributed by atoms with van der Waals surface area (Å²) >= 11 is 0. The number of nitrogens with zero attached hydrogens (tertiary/aromatic N) is 2. The molecule has 36 heavy (non-hydrogen) atoms. The van der Waals surface area contributed by atoms with Crippen molar-refractivity contribution in [2.75, 3.05) is 0 Å². The van der Waals surface area contributed by atoms with Crippen LogP contribution >= 0.6 is 0 Å². The number of hydrogen-bond acceptors (Lipinski definition) is 6. The van der Waals surface area contributed by atoms with E-state index in [1.165, 1.54) is 31.3 Å². The summed E-state index contributed by atoms with van der Waals surface area (Å²) < 4.78 is 84.3. The van der Waals surface area contributed by atoms with Gasteiger partial charge in [-0.2, -0.15) is 17.9 Å². The standard InChI is InChI=1S/C24H19F4N3O4S/c1-14(31-36(33,34)23-12-17-11-18(25)4-6-21(17)35-23)20(32)5-2-15-8-9-29-19(10-15)16-3-7-22(30-13-16)24(26,27)28/h3-4,6-14,31H,2,5H2,1H3/t14-/m0/s1. The van der Waals surface area contributed by atoms with E-state index in [1.807, 2.05) is 0 Å². The molecule has 0 bridgehead atoms. The molecule has 0 fully saturated rings. The highest BCUT2D eigenvalue weighted by Crippen LogP contribution is 2.29. The van der Waals surface area contributed by atoms with E-state index in [2.05, 4.69) is 14.7 Å². The summed E-state index contributed by atoms with van der Waals surface area (Å²) in [5.41, 5.74) is 0.619. The van der Waals surface area contributed by atoms with Crippen LogP contribution in [0.3, 0.4) is 0 Å². The molecule has 0 aliphatic heterocycles. The van der Waals surface area contributed by atoms with Gasteiger partial charge in [0.15, 0.2) is 5.78 Å². The monoisotopic (exact) mass is 521 g/mol. The van der Waals surface area contributed by atoms with Crippen LogP contribution in [-0.4, -0.2) is 30.2 Å². The van der Waals surface area contributed by atoms with E-state index in [9.17, 15) is 30.8 Å². The second kappa shape index (κ2) is 9.78. The predicted octanol–water partition coefficient (Wildman–Crippen LogP) is 4.92. The molecule has 0 unspecified atom stereocenters. The Morgan fingerprint density at radius 3 is 2.56 bits per heavy atom. The molecule has 3 aromatic heterocycles. The number of aromatic nitrogens is 2. The van der Waals surface area contributed by atoms with Crippen LogP contribution in [-0.2, 0) is 27.4 Å². The minimum atomic E-state index is -4.55. The SMILES string of the molecule is C[C@H](NS(=O)(=O)c1cc2cc(F)ccc2o1)C(=O)CCc1ccnc(-c2ccc(C(F)(F)F)nc2)c1. The van der Waals surface area contributed by atoms with Gasteiger partial charge in [-0.1, -0.05) is 0 Å². The maximum Gasteiger partial charge on any atom is 0.433 e. The fourth-order valence-electron chi connectivity index (χ4n) is 3.46. The molecule has 0 saturated carbocycles. The summed E-state index contributed by atoms with van der Waals surface area (Å²) in [6.07, 6.45) is -1.77. The Kier molecular flexibility index (Phi) is 6.92. The number of furan rings is 1. The van der Waals surface area contributed by atoms with E-state index in [-0.39, 0.29) is 23.8 Å². The molecule has 188 valence electrons. The molecule has 4 aromatic rings. The average Bonchev–Trinajstić information content (AvgIpc) is 3.26. The average molecular weight is 521 g/mol. The molecule has 0 spiro atoms. The van der Waals surface area contributed by atoms with Crippen LogP contribution in [0.4, 0.5) is 17.6 Å². The fraction of sp³-hybridized carbons (Fsp3) is 0.208. The highest BCUT2D eigenvalue weighted by Gasteiger charge is 2.32. The molecule has 12 heteroatoms. The Hall–Kier alpha value is -3.64. The lowest BCUT2D eigenvalue weighted by Gasteiger charge is -2.12. The molecular formula is C24H19F4N3O4S. The zero-order valence-corrected chi connectivity index (χ0v) is 19.5. The van der Waals surface area contributed by atoms with Crippen molar-refractivity contribution < 1.29 is 35.2 Å².